The number of hydrogen-bond donors (Lipinski definition) is 1. The fourth-order valence-corrected chi connectivity index (χ4v) is 3.50. The summed E-state index contributed by atoms with van der Waals surface area (Å²) in [6.45, 7) is 1.53. The van der Waals surface area contributed by atoms with Gasteiger partial charge in [-0.05, 0) is 36.2 Å². The lowest BCUT2D eigenvalue weighted by Gasteiger charge is -2.11. The molecule has 0 aliphatic rings. The first-order valence-corrected chi connectivity index (χ1v) is 10.6. The fraction of sp³-hybridized carbons (Fsp3) is 0.120. The molecule has 0 atom stereocenters. The number of aromatic nitrogens is 2. The Bertz CT molecular complexity index is 1400. The molecule has 4 aromatic rings. The number of benzene rings is 3. The van der Waals surface area contributed by atoms with E-state index in [1.54, 1.807) is 42.5 Å². The van der Waals surface area contributed by atoms with Crippen LogP contribution in [0.1, 0.15) is 21.6 Å². The third kappa shape index (κ3) is 5.10. The summed E-state index contributed by atoms with van der Waals surface area (Å²) in [4.78, 5) is 38.0. The number of hydrogen-bond acceptors (Lipinski definition) is 5. The quantitative estimate of drug-likeness (QED) is 0.434. The maximum Gasteiger partial charge on any atom is 0.359 e. The van der Waals surface area contributed by atoms with Crippen LogP contribution in [0.3, 0.4) is 0 Å². The summed E-state index contributed by atoms with van der Waals surface area (Å²) in [7, 11) is 0. The number of nitrogens with zero attached hydrogens (tertiary/aromatic N) is 2. The molecule has 0 saturated heterocycles. The average molecular weight is 462 g/mol. The minimum absolute atomic E-state index is 0.0349. The Morgan fingerprint density at radius 2 is 1.70 bits per heavy atom. The number of esters is 1. The highest BCUT2D eigenvalue weighted by Gasteiger charge is 2.19. The van der Waals surface area contributed by atoms with Crippen molar-refractivity contribution in [2.45, 2.75) is 13.5 Å². The van der Waals surface area contributed by atoms with E-state index in [-0.39, 0.29) is 17.8 Å². The van der Waals surface area contributed by atoms with Gasteiger partial charge in [-0.1, -0.05) is 66.2 Å². The van der Waals surface area contributed by atoms with Crippen LogP contribution in [-0.2, 0) is 16.1 Å². The molecular weight excluding hydrogens is 442 g/mol. The molecule has 0 spiro atoms. The molecule has 166 valence electrons. The van der Waals surface area contributed by atoms with Crippen molar-refractivity contribution in [3.8, 4) is 0 Å². The lowest BCUT2D eigenvalue weighted by atomic mass is 10.1. The number of aryl methyl sites for hydroxylation is 1. The highest BCUT2D eigenvalue weighted by Crippen LogP contribution is 2.20. The van der Waals surface area contributed by atoms with Crippen molar-refractivity contribution in [2.75, 3.05) is 11.9 Å². The monoisotopic (exact) mass is 461 g/mol. The van der Waals surface area contributed by atoms with Crippen LogP contribution in [0.25, 0.3) is 10.8 Å². The zero-order chi connectivity index (χ0) is 23.4. The van der Waals surface area contributed by atoms with E-state index in [2.05, 4.69) is 10.4 Å². The summed E-state index contributed by atoms with van der Waals surface area (Å²) in [6.07, 6.45) is 0. The van der Waals surface area contributed by atoms with Gasteiger partial charge in [0.2, 0.25) is 0 Å². The number of fused-ring (bicyclic) bond motifs is 1. The molecule has 0 radical (unpaired) electrons. The standard InChI is InChI=1S/C25H20ClN3O4/c1-16-11-12-18(13-21(16)26)27-22(30)15-33-25(32)23-19-9-5-6-10-20(19)24(31)29(28-23)14-17-7-3-2-4-8-17/h2-13H,14-15H2,1H3,(H,27,30). The summed E-state index contributed by atoms with van der Waals surface area (Å²) < 4.78 is 6.43. The number of rotatable bonds is 6. The lowest BCUT2D eigenvalue weighted by molar-refractivity contribution is -0.119. The largest absolute Gasteiger partial charge is 0.451 e. The van der Waals surface area contributed by atoms with Gasteiger partial charge in [0.25, 0.3) is 11.5 Å². The van der Waals surface area contributed by atoms with Crippen LogP contribution in [0.4, 0.5) is 5.69 Å². The van der Waals surface area contributed by atoms with E-state index in [9.17, 15) is 14.4 Å². The van der Waals surface area contributed by atoms with Gasteiger partial charge in [-0.25, -0.2) is 9.48 Å². The van der Waals surface area contributed by atoms with E-state index in [0.717, 1.165) is 11.1 Å². The van der Waals surface area contributed by atoms with Crippen molar-refractivity contribution in [1.82, 2.24) is 9.78 Å². The number of amides is 1. The molecule has 0 unspecified atom stereocenters. The van der Waals surface area contributed by atoms with Gasteiger partial charge >= 0.3 is 5.97 Å². The molecule has 3 aromatic carbocycles. The SMILES string of the molecule is Cc1ccc(NC(=O)COC(=O)c2nn(Cc3ccccc3)c(=O)c3ccccc23)cc1Cl. The van der Waals surface area contributed by atoms with Crippen LogP contribution in [0, 0.1) is 6.92 Å². The molecule has 1 N–H and O–H groups in total. The van der Waals surface area contributed by atoms with Gasteiger partial charge in [-0.3, -0.25) is 9.59 Å². The number of carbonyl (C=O) groups excluding carboxylic acids is 2. The van der Waals surface area contributed by atoms with E-state index in [1.165, 1.54) is 4.68 Å². The number of anilines is 1. The Morgan fingerprint density at radius 1 is 1.00 bits per heavy atom. The second-order valence-electron chi connectivity index (χ2n) is 7.43. The first-order chi connectivity index (χ1) is 15.9. The van der Waals surface area contributed by atoms with Gasteiger partial charge in [-0.2, -0.15) is 5.10 Å². The molecule has 8 heteroatoms. The summed E-state index contributed by atoms with van der Waals surface area (Å²) in [5, 5.41) is 8.11. The van der Waals surface area contributed by atoms with E-state index >= 15 is 0 Å². The van der Waals surface area contributed by atoms with Crippen molar-refractivity contribution >= 4 is 39.9 Å². The molecule has 33 heavy (non-hydrogen) atoms. The molecule has 1 heterocycles. The summed E-state index contributed by atoms with van der Waals surface area (Å²) in [5.41, 5.74) is 1.88. The molecule has 7 nitrogen and oxygen atoms in total. The van der Waals surface area contributed by atoms with Gasteiger partial charge in [-0.15, -0.1) is 0 Å². The summed E-state index contributed by atoms with van der Waals surface area (Å²) >= 11 is 6.07. The van der Waals surface area contributed by atoms with Crippen LogP contribution in [-0.4, -0.2) is 28.3 Å². The highest BCUT2D eigenvalue weighted by atomic mass is 35.5. The number of halogens is 1. The number of ether oxygens (including phenoxy) is 1. The van der Waals surface area contributed by atoms with Gasteiger partial charge < -0.3 is 10.1 Å². The molecular formula is C25H20ClN3O4. The minimum Gasteiger partial charge on any atom is -0.451 e. The van der Waals surface area contributed by atoms with Gasteiger partial charge in [0.05, 0.1) is 11.9 Å². The van der Waals surface area contributed by atoms with Crippen LogP contribution in [0.5, 0.6) is 0 Å². The van der Waals surface area contributed by atoms with Crippen molar-refractivity contribution in [1.29, 1.82) is 0 Å². The van der Waals surface area contributed by atoms with Crippen LogP contribution in [0.2, 0.25) is 5.02 Å². The molecule has 1 aromatic heterocycles. The van der Waals surface area contributed by atoms with Crippen LogP contribution in [0.15, 0.2) is 77.6 Å². The predicted molar refractivity (Wildman–Crippen MR) is 127 cm³/mol. The molecule has 4 rings (SSSR count). The Labute approximate surface area is 194 Å². The van der Waals surface area contributed by atoms with Crippen molar-refractivity contribution < 1.29 is 14.3 Å². The van der Waals surface area contributed by atoms with Crippen molar-refractivity contribution in [3.63, 3.8) is 0 Å². The van der Waals surface area contributed by atoms with Crippen LogP contribution < -0.4 is 10.9 Å². The van der Waals surface area contributed by atoms with E-state index in [0.29, 0.717) is 21.5 Å². The third-order valence-corrected chi connectivity index (χ3v) is 5.43. The first kappa shape index (κ1) is 22.2. The van der Waals surface area contributed by atoms with E-state index < -0.39 is 18.5 Å². The van der Waals surface area contributed by atoms with Gasteiger partial charge in [0, 0.05) is 16.1 Å². The maximum atomic E-state index is 12.9. The normalized spacial score (nSPS) is 10.7. The van der Waals surface area contributed by atoms with E-state index in [4.69, 9.17) is 16.3 Å². The molecule has 0 aliphatic heterocycles. The number of carbonyl (C=O) groups is 2. The first-order valence-electron chi connectivity index (χ1n) is 10.2. The zero-order valence-corrected chi connectivity index (χ0v) is 18.5. The molecule has 1 amide bonds. The molecule has 0 aliphatic carbocycles. The topological polar surface area (TPSA) is 90.3 Å². The maximum absolute atomic E-state index is 12.9. The minimum atomic E-state index is -0.801. The van der Waals surface area contributed by atoms with Crippen LogP contribution >= 0.6 is 11.6 Å². The Hall–Kier alpha value is -3.97. The van der Waals surface area contributed by atoms with Gasteiger partial charge in [0.15, 0.2) is 12.3 Å². The Morgan fingerprint density at radius 3 is 2.42 bits per heavy atom. The van der Waals surface area contributed by atoms with Crippen molar-refractivity contribution in [2.24, 2.45) is 0 Å². The summed E-state index contributed by atoms with van der Waals surface area (Å²) in [6, 6.07) is 21.1. The fourth-order valence-electron chi connectivity index (χ4n) is 3.32. The summed E-state index contributed by atoms with van der Waals surface area (Å²) in [5.74, 6) is -1.32. The average Bonchev–Trinajstić information content (AvgIpc) is 2.82. The molecule has 0 bridgehead atoms. The second kappa shape index (κ2) is 9.67. The molecule has 0 saturated carbocycles. The lowest BCUT2D eigenvalue weighted by Crippen LogP contribution is -2.28. The Balaban J connectivity index is 1.55. The van der Waals surface area contributed by atoms with Gasteiger partial charge in [0.1, 0.15) is 0 Å². The third-order valence-electron chi connectivity index (χ3n) is 5.03. The van der Waals surface area contributed by atoms with Crippen molar-refractivity contribution in [3.05, 3.63) is 105 Å². The highest BCUT2D eigenvalue weighted by molar-refractivity contribution is 6.31. The van der Waals surface area contributed by atoms with E-state index in [1.807, 2.05) is 37.3 Å². The second-order valence-corrected chi connectivity index (χ2v) is 7.84. The Kier molecular flexibility index (Phi) is 6.51. The smallest absolute Gasteiger partial charge is 0.359 e. The number of nitrogens with one attached hydrogen (secondary N) is 1. The molecule has 0 fully saturated rings. The predicted octanol–water partition coefficient (Wildman–Crippen LogP) is 4.20. The zero-order valence-electron chi connectivity index (χ0n) is 17.7.